The van der Waals surface area contributed by atoms with Crippen LogP contribution in [0.2, 0.25) is 0 Å². The van der Waals surface area contributed by atoms with E-state index < -0.39 is 0 Å². The molecule has 2 heterocycles. The van der Waals surface area contributed by atoms with E-state index in [1.54, 1.807) is 53.8 Å². The molecule has 0 fully saturated rings. The van der Waals surface area contributed by atoms with Gasteiger partial charge in [0.15, 0.2) is 0 Å². The number of rotatable bonds is 6. The van der Waals surface area contributed by atoms with Crippen molar-refractivity contribution in [3.63, 3.8) is 0 Å². The standard InChI is InChI=1S/C23H20N2O4S/c1-14-7-9-16(30-14)12-24-21(26)19-11-15(8-10-20(19)29-2)13-25-22(27)17-5-3-4-6-18(17)23(25)28/h3-11H,12-13H2,1-2H3,(H,24,26). The zero-order valence-electron chi connectivity index (χ0n) is 16.6. The third kappa shape index (κ3) is 3.71. The van der Waals surface area contributed by atoms with Crippen LogP contribution in [-0.4, -0.2) is 29.7 Å². The Morgan fingerprint density at radius 3 is 2.33 bits per heavy atom. The lowest BCUT2D eigenvalue weighted by atomic mass is 10.1. The second-order valence-electron chi connectivity index (χ2n) is 6.97. The summed E-state index contributed by atoms with van der Waals surface area (Å²) in [6.45, 7) is 2.52. The number of aryl methyl sites for hydroxylation is 1. The molecule has 1 aromatic heterocycles. The van der Waals surface area contributed by atoms with Crippen LogP contribution in [0.1, 0.15) is 46.4 Å². The number of imide groups is 1. The normalized spacial score (nSPS) is 12.8. The summed E-state index contributed by atoms with van der Waals surface area (Å²) in [5.74, 6) is -0.501. The minimum atomic E-state index is -0.328. The minimum absolute atomic E-state index is 0.0841. The largest absolute Gasteiger partial charge is 0.496 e. The molecular formula is C23H20N2O4S. The molecule has 0 spiro atoms. The highest BCUT2D eigenvalue weighted by molar-refractivity contribution is 7.11. The molecular weight excluding hydrogens is 400 g/mol. The molecule has 0 aliphatic carbocycles. The highest BCUT2D eigenvalue weighted by Gasteiger charge is 2.35. The van der Waals surface area contributed by atoms with E-state index in [-0.39, 0.29) is 24.3 Å². The van der Waals surface area contributed by atoms with Crippen LogP contribution in [0.3, 0.4) is 0 Å². The Bertz CT molecular complexity index is 1120. The molecule has 6 nitrogen and oxygen atoms in total. The molecule has 1 N–H and O–H groups in total. The van der Waals surface area contributed by atoms with Gasteiger partial charge >= 0.3 is 0 Å². The van der Waals surface area contributed by atoms with Gasteiger partial charge in [-0.1, -0.05) is 18.2 Å². The fraction of sp³-hybridized carbons (Fsp3) is 0.174. The number of nitrogens with zero attached hydrogens (tertiary/aromatic N) is 1. The van der Waals surface area contributed by atoms with E-state index >= 15 is 0 Å². The van der Waals surface area contributed by atoms with Crippen molar-refractivity contribution in [2.45, 2.75) is 20.0 Å². The number of benzene rings is 2. The zero-order valence-corrected chi connectivity index (χ0v) is 17.4. The maximum atomic E-state index is 12.8. The van der Waals surface area contributed by atoms with Crippen molar-refractivity contribution in [3.05, 3.63) is 86.6 Å². The van der Waals surface area contributed by atoms with Crippen LogP contribution in [0.15, 0.2) is 54.6 Å². The van der Waals surface area contributed by atoms with E-state index in [1.165, 1.54) is 16.9 Å². The number of carbonyl (C=O) groups excluding carboxylic acids is 3. The number of amides is 3. The van der Waals surface area contributed by atoms with Gasteiger partial charge in [-0.2, -0.15) is 0 Å². The molecule has 0 atom stereocenters. The molecule has 2 aromatic carbocycles. The van der Waals surface area contributed by atoms with Crippen molar-refractivity contribution >= 4 is 29.1 Å². The lowest BCUT2D eigenvalue weighted by molar-refractivity contribution is 0.0642. The Labute approximate surface area is 178 Å². The highest BCUT2D eigenvalue weighted by atomic mass is 32.1. The summed E-state index contributed by atoms with van der Waals surface area (Å²) in [6, 6.07) is 15.9. The predicted molar refractivity (Wildman–Crippen MR) is 114 cm³/mol. The van der Waals surface area contributed by atoms with Crippen LogP contribution in [0.4, 0.5) is 0 Å². The Morgan fingerprint density at radius 2 is 1.73 bits per heavy atom. The number of nitrogens with one attached hydrogen (secondary N) is 1. The fourth-order valence-corrected chi connectivity index (χ4v) is 4.27. The number of carbonyl (C=O) groups is 3. The Balaban J connectivity index is 1.53. The summed E-state index contributed by atoms with van der Waals surface area (Å²) in [5, 5.41) is 2.90. The lowest BCUT2D eigenvalue weighted by Gasteiger charge is -2.16. The Morgan fingerprint density at radius 1 is 1.03 bits per heavy atom. The van der Waals surface area contributed by atoms with Crippen LogP contribution in [0.25, 0.3) is 0 Å². The molecule has 0 saturated heterocycles. The number of hydrogen-bond donors (Lipinski definition) is 1. The number of ether oxygens (including phenoxy) is 1. The summed E-state index contributed by atoms with van der Waals surface area (Å²) in [5.41, 5.74) is 1.84. The van der Waals surface area contributed by atoms with Crippen molar-refractivity contribution < 1.29 is 19.1 Å². The predicted octanol–water partition coefficient (Wildman–Crippen LogP) is 3.79. The Hall–Kier alpha value is -3.45. The van der Waals surface area contributed by atoms with E-state index in [0.29, 0.717) is 34.5 Å². The van der Waals surface area contributed by atoms with Gasteiger partial charge in [0.25, 0.3) is 17.7 Å². The number of hydrogen-bond acceptors (Lipinski definition) is 5. The topological polar surface area (TPSA) is 75.7 Å². The maximum absolute atomic E-state index is 12.8. The summed E-state index contributed by atoms with van der Waals surface area (Å²) >= 11 is 1.63. The molecule has 30 heavy (non-hydrogen) atoms. The van der Waals surface area contributed by atoms with E-state index in [4.69, 9.17) is 4.74 Å². The maximum Gasteiger partial charge on any atom is 0.261 e. The van der Waals surface area contributed by atoms with Crippen molar-refractivity contribution in [2.75, 3.05) is 7.11 Å². The van der Waals surface area contributed by atoms with Crippen LogP contribution >= 0.6 is 11.3 Å². The van der Waals surface area contributed by atoms with Gasteiger partial charge in [0.2, 0.25) is 0 Å². The molecule has 7 heteroatoms. The van der Waals surface area contributed by atoms with Gasteiger partial charge in [0, 0.05) is 9.75 Å². The average molecular weight is 420 g/mol. The number of fused-ring (bicyclic) bond motifs is 1. The molecule has 0 unspecified atom stereocenters. The Kier molecular flexibility index (Phi) is 5.37. The van der Waals surface area contributed by atoms with Gasteiger partial charge in [-0.3, -0.25) is 19.3 Å². The molecule has 1 aliphatic heterocycles. The fourth-order valence-electron chi connectivity index (χ4n) is 3.44. The van der Waals surface area contributed by atoms with Gasteiger partial charge in [-0.15, -0.1) is 11.3 Å². The first-order chi connectivity index (χ1) is 14.5. The SMILES string of the molecule is COc1ccc(CN2C(=O)c3ccccc3C2=O)cc1C(=O)NCc1ccc(C)s1. The smallest absolute Gasteiger partial charge is 0.261 e. The minimum Gasteiger partial charge on any atom is -0.496 e. The van der Waals surface area contributed by atoms with Crippen molar-refractivity contribution in [1.82, 2.24) is 10.2 Å². The van der Waals surface area contributed by atoms with E-state index in [9.17, 15) is 14.4 Å². The van der Waals surface area contributed by atoms with Crippen LogP contribution in [-0.2, 0) is 13.1 Å². The van der Waals surface area contributed by atoms with Gasteiger partial charge in [-0.25, -0.2) is 0 Å². The highest BCUT2D eigenvalue weighted by Crippen LogP contribution is 2.26. The van der Waals surface area contributed by atoms with Gasteiger partial charge in [0.05, 0.1) is 36.9 Å². The van der Waals surface area contributed by atoms with Gasteiger partial charge in [0.1, 0.15) is 5.75 Å². The summed E-state index contributed by atoms with van der Waals surface area (Å²) < 4.78 is 5.33. The molecule has 3 amide bonds. The molecule has 152 valence electrons. The molecule has 0 bridgehead atoms. The van der Waals surface area contributed by atoms with Crippen LogP contribution in [0, 0.1) is 6.92 Å². The number of thiophene rings is 1. The van der Waals surface area contributed by atoms with E-state index in [1.807, 2.05) is 19.1 Å². The van der Waals surface area contributed by atoms with Crippen molar-refractivity contribution in [1.29, 1.82) is 0 Å². The average Bonchev–Trinajstić information content (AvgIpc) is 3.28. The van der Waals surface area contributed by atoms with Crippen molar-refractivity contribution in [3.8, 4) is 5.75 Å². The summed E-state index contributed by atoms with van der Waals surface area (Å²) in [4.78, 5) is 41.4. The molecule has 1 aliphatic rings. The summed E-state index contributed by atoms with van der Waals surface area (Å²) in [7, 11) is 1.50. The molecule has 4 rings (SSSR count). The third-order valence-electron chi connectivity index (χ3n) is 4.95. The zero-order chi connectivity index (χ0) is 21.3. The quantitative estimate of drug-likeness (QED) is 0.616. The van der Waals surface area contributed by atoms with E-state index in [0.717, 1.165) is 4.88 Å². The molecule has 3 aromatic rings. The lowest BCUT2D eigenvalue weighted by Crippen LogP contribution is -2.29. The molecule has 0 radical (unpaired) electrons. The first kappa shape index (κ1) is 19.8. The van der Waals surface area contributed by atoms with Crippen molar-refractivity contribution in [2.24, 2.45) is 0 Å². The first-order valence-electron chi connectivity index (χ1n) is 9.43. The first-order valence-corrected chi connectivity index (χ1v) is 10.2. The molecule has 0 saturated carbocycles. The second kappa shape index (κ2) is 8.12. The summed E-state index contributed by atoms with van der Waals surface area (Å²) in [6.07, 6.45) is 0. The van der Waals surface area contributed by atoms with Gasteiger partial charge < -0.3 is 10.1 Å². The van der Waals surface area contributed by atoms with Crippen LogP contribution < -0.4 is 10.1 Å². The third-order valence-corrected chi connectivity index (χ3v) is 5.95. The second-order valence-corrected chi connectivity index (χ2v) is 8.34. The monoisotopic (exact) mass is 420 g/mol. The van der Waals surface area contributed by atoms with E-state index in [2.05, 4.69) is 5.32 Å². The number of methoxy groups -OCH3 is 1. The van der Waals surface area contributed by atoms with Gasteiger partial charge in [-0.05, 0) is 48.9 Å². The van der Waals surface area contributed by atoms with Crippen LogP contribution in [0.5, 0.6) is 5.75 Å².